The predicted molar refractivity (Wildman–Crippen MR) is 57.5 cm³/mol. The molecule has 0 unspecified atom stereocenters. The number of rotatable bonds is 4. The maximum atomic E-state index is 5.46. The Morgan fingerprint density at radius 1 is 1.53 bits per heavy atom. The van der Waals surface area contributed by atoms with Crippen LogP contribution in [0.2, 0.25) is 0 Å². The van der Waals surface area contributed by atoms with Crippen molar-refractivity contribution in [2.24, 2.45) is 0 Å². The smallest absolute Gasteiger partial charge is 0.127 e. The van der Waals surface area contributed by atoms with Gasteiger partial charge in [-0.15, -0.1) is 0 Å². The molecule has 0 aromatic carbocycles. The van der Waals surface area contributed by atoms with Gasteiger partial charge in [0.25, 0.3) is 0 Å². The SMILES string of the molecule is CNCc1ccoc1Cn1ccnc1C. The van der Waals surface area contributed by atoms with Gasteiger partial charge >= 0.3 is 0 Å². The highest BCUT2D eigenvalue weighted by Gasteiger charge is 2.07. The van der Waals surface area contributed by atoms with Crippen molar-refractivity contribution in [1.29, 1.82) is 0 Å². The molecule has 0 aliphatic carbocycles. The molecular weight excluding hydrogens is 190 g/mol. The summed E-state index contributed by atoms with van der Waals surface area (Å²) in [4.78, 5) is 4.18. The van der Waals surface area contributed by atoms with Crippen molar-refractivity contribution < 1.29 is 4.42 Å². The first-order valence-corrected chi connectivity index (χ1v) is 4.99. The summed E-state index contributed by atoms with van der Waals surface area (Å²) in [6.07, 6.45) is 5.49. The standard InChI is InChI=1S/C11H15N3O/c1-9-13-4-5-14(9)8-11-10(7-12-2)3-6-15-11/h3-6,12H,7-8H2,1-2H3. The minimum Gasteiger partial charge on any atom is -0.467 e. The van der Waals surface area contributed by atoms with Crippen LogP contribution in [0.15, 0.2) is 29.1 Å². The van der Waals surface area contributed by atoms with Gasteiger partial charge in [-0.05, 0) is 20.0 Å². The van der Waals surface area contributed by atoms with Crippen LogP contribution < -0.4 is 5.32 Å². The van der Waals surface area contributed by atoms with E-state index < -0.39 is 0 Å². The maximum absolute atomic E-state index is 5.46. The lowest BCUT2D eigenvalue weighted by atomic mass is 10.2. The molecule has 2 aromatic heterocycles. The first kappa shape index (κ1) is 9.98. The van der Waals surface area contributed by atoms with Gasteiger partial charge in [0, 0.05) is 24.5 Å². The molecule has 0 amide bonds. The van der Waals surface area contributed by atoms with Crippen molar-refractivity contribution in [3.63, 3.8) is 0 Å². The van der Waals surface area contributed by atoms with Crippen LogP contribution in [0, 0.1) is 6.92 Å². The fourth-order valence-corrected chi connectivity index (χ4v) is 1.58. The predicted octanol–water partition coefficient (Wildman–Crippen LogP) is 1.55. The molecule has 4 heteroatoms. The minimum atomic E-state index is 0.746. The number of aryl methyl sites for hydroxylation is 1. The number of furan rings is 1. The molecule has 0 saturated heterocycles. The molecule has 0 aliphatic heterocycles. The Balaban J connectivity index is 2.17. The zero-order valence-corrected chi connectivity index (χ0v) is 9.03. The van der Waals surface area contributed by atoms with Crippen molar-refractivity contribution in [2.45, 2.75) is 20.0 Å². The average Bonchev–Trinajstić information content (AvgIpc) is 2.80. The van der Waals surface area contributed by atoms with E-state index >= 15 is 0 Å². The Morgan fingerprint density at radius 3 is 3.07 bits per heavy atom. The number of hydrogen-bond acceptors (Lipinski definition) is 3. The molecule has 0 saturated carbocycles. The molecule has 80 valence electrons. The van der Waals surface area contributed by atoms with E-state index in [1.54, 1.807) is 12.5 Å². The van der Waals surface area contributed by atoms with E-state index in [-0.39, 0.29) is 0 Å². The lowest BCUT2D eigenvalue weighted by Gasteiger charge is -2.04. The third-order valence-electron chi connectivity index (χ3n) is 2.44. The van der Waals surface area contributed by atoms with E-state index in [2.05, 4.69) is 14.9 Å². The van der Waals surface area contributed by atoms with E-state index in [4.69, 9.17) is 4.42 Å². The Morgan fingerprint density at radius 2 is 2.40 bits per heavy atom. The third-order valence-corrected chi connectivity index (χ3v) is 2.44. The third kappa shape index (κ3) is 2.10. The highest BCUT2D eigenvalue weighted by Crippen LogP contribution is 2.12. The maximum Gasteiger partial charge on any atom is 0.127 e. The van der Waals surface area contributed by atoms with Gasteiger partial charge in [0.15, 0.2) is 0 Å². The van der Waals surface area contributed by atoms with Crippen LogP contribution in [0.3, 0.4) is 0 Å². The van der Waals surface area contributed by atoms with Gasteiger partial charge < -0.3 is 14.3 Å². The zero-order chi connectivity index (χ0) is 10.7. The Hall–Kier alpha value is -1.55. The Labute approximate surface area is 88.9 Å². The molecule has 0 atom stereocenters. The molecule has 2 heterocycles. The van der Waals surface area contributed by atoms with Crippen LogP contribution in [0.1, 0.15) is 17.1 Å². The van der Waals surface area contributed by atoms with Gasteiger partial charge in [0.05, 0.1) is 12.8 Å². The first-order chi connectivity index (χ1) is 7.31. The van der Waals surface area contributed by atoms with Crippen LogP contribution in [-0.4, -0.2) is 16.6 Å². The molecule has 0 aliphatic rings. The van der Waals surface area contributed by atoms with Crippen LogP contribution in [0.5, 0.6) is 0 Å². The summed E-state index contributed by atoms with van der Waals surface area (Å²) in [5.41, 5.74) is 1.20. The second kappa shape index (κ2) is 4.31. The second-order valence-corrected chi connectivity index (χ2v) is 3.50. The number of nitrogens with one attached hydrogen (secondary N) is 1. The second-order valence-electron chi connectivity index (χ2n) is 3.50. The van der Waals surface area contributed by atoms with Crippen LogP contribution in [0.4, 0.5) is 0 Å². The van der Waals surface area contributed by atoms with E-state index in [0.29, 0.717) is 0 Å². The highest BCUT2D eigenvalue weighted by atomic mass is 16.3. The molecular formula is C11H15N3O. The van der Waals surface area contributed by atoms with Crippen LogP contribution in [-0.2, 0) is 13.1 Å². The van der Waals surface area contributed by atoms with Crippen LogP contribution >= 0.6 is 0 Å². The van der Waals surface area contributed by atoms with Crippen molar-refractivity contribution in [3.05, 3.63) is 41.9 Å². The van der Waals surface area contributed by atoms with E-state index in [1.165, 1.54) is 5.56 Å². The van der Waals surface area contributed by atoms with Gasteiger partial charge in [-0.25, -0.2) is 4.98 Å². The molecule has 0 spiro atoms. The summed E-state index contributed by atoms with van der Waals surface area (Å²) in [7, 11) is 1.93. The molecule has 2 aromatic rings. The van der Waals surface area contributed by atoms with Gasteiger partial charge in [0.1, 0.15) is 11.6 Å². The molecule has 0 fully saturated rings. The highest BCUT2D eigenvalue weighted by molar-refractivity contribution is 5.17. The summed E-state index contributed by atoms with van der Waals surface area (Å²) in [6, 6.07) is 2.00. The topological polar surface area (TPSA) is 43.0 Å². The Bertz CT molecular complexity index is 430. The zero-order valence-electron chi connectivity index (χ0n) is 9.03. The summed E-state index contributed by atoms with van der Waals surface area (Å²) >= 11 is 0. The quantitative estimate of drug-likeness (QED) is 0.823. The van der Waals surface area contributed by atoms with Crippen molar-refractivity contribution in [1.82, 2.24) is 14.9 Å². The molecule has 0 bridgehead atoms. The lowest BCUT2D eigenvalue weighted by molar-refractivity contribution is 0.484. The van der Waals surface area contributed by atoms with E-state index in [0.717, 1.165) is 24.7 Å². The van der Waals surface area contributed by atoms with Gasteiger partial charge in [-0.3, -0.25) is 0 Å². The van der Waals surface area contributed by atoms with Gasteiger partial charge in [-0.2, -0.15) is 0 Å². The minimum absolute atomic E-state index is 0.746. The number of hydrogen-bond donors (Lipinski definition) is 1. The van der Waals surface area contributed by atoms with Gasteiger partial charge in [0.2, 0.25) is 0 Å². The lowest BCUT2D eigenvalue weighted by Crippen LogP contribution is -2.08. The number of aromatic nitrogens is 2. The molecule has 0 radical (unpaired) electrons. The summed E-state index contributed by atoms with van der Waals surface area (Å²) in [5, 5.41) is 3.12. The first-order valence-electron chi connectivity index (χ1n) is 4.99. The van der Waals surface area contributed by atoms with Crippen molar-refractivity contribution >= 4 is 0 Å². The normalized spacial score (nSPS) is 10.8. The fourth-order valence-electron chi connectivity index (χ4n) is 1.58. The fraction of sp³-hybridized carbons (Fsp3) is 0.364. The molecule has 4 nitrogen and oxygen atoms in total. The average molecular weight is 205 g/mol. The number of nitrogens with zero attached hydrogens (tertiary/aromatic N) is 2. The van der Waals surface area contributed by atoms with Gasteiger partial charge in [-0.1, -0.05) is 0 Å². The summed E-state index contributed by atoms with van der Waals surface area (Å²) in [6.45, 7) is 3.57. The van der Waals surface area contributed by atoms with Crippen LogP contribution in [0.25, 0.3) is 0 Å². The molecule has 1 N–H and O–H groups in total. The summed E-state index contributed by atoms with van der Waals surface area (Å²) < 4.78 is 7.52. The van der Waals surface area contributed by atoms with E-state index in [9.17, 15) is 0 Å². The summed E-state index contributed by atoms with van der Waals surface area (Å²) in [5.74, 6) is 1.99. The molecule has 15 heavy (non-hydrogen) atoms. The number of imidazole rings is 1. The largest absolute Gasteiger partial charge is 0.467 e. The monoisotopic (exact) mass is 205 g/mol. The van der Waals surface area contributed by atoms with Crippen molar-refractivity contribution in [3.8, 4) is 0 Å². The Kier molecular flexibility index (Phi) is 2.87. The van der Waals surface area contributed by atoms with E-state index in [1.807, 2.05) is 26.2 Å². The van der Waals surface area contributed by atoms with Crippen molar-refractivity contribution in [2.75, 3.05) is 7.05 Å². The molecule has 2 rings (SSSR count).